The molecule has 0 aromatic heterocycles. The third-order valence-electron chi connectivity index (χ3n) is 3.93. The predicted octanol–water partition coefficient (Wildman–Crippen LogP) is 1.32. The summed E-state index contributed by atoms with van der Waals surface area (Å²) in [5.41, 5.74) is 2.20. The Morgan fingerprint density at radius 2 is 2.06 bits per heavy atom. The first-order valence-electron chi connectivity index (χ1n) is 5.79. The molecule has 0 atom stereocenters. The Hall–Kier alpha value is -1.64. The molecule has 0 N–H and O–H groups in total. The van der Waals surface area contributed by atoms with Gasteiger partial charge in [0.1, 0.15) is 5.84 Å². The van der Waals surface area contributed by atoms with Crippen molar-refractivity contribution in [3.8, 4) is 0 Å². The van der Waals surface area contributed by atoms with Crippen LogP contribution in [0, 0.1) is 0 Å². The van der Waals surface area contributed by atoms with Crippen LogP contribution in [0.5, 0.6) is 0 Å². The number of amides is 1. The van der Waals surface area contributed by atoms with Crippen LogP contribution in [0.1, 0.15) is 24.0 Å². The van der Waals surface area contributed by atoms with Gasteiger partial charge in [0.05, 0.1) is 12.0 Å². The summed E-state index contributed by atoms with van der Waals surface area (Å²) in [7, 11) is 0. The number of hydrogen-bond donors (Lipinski definition) is 0. The lowest BCUT2D eigenvalue weighted by molar-refractivity contribution is -0.130. The molecule has 1 saturated carbocycles. The summed E-state index contributed by atoms with van der Waals surface area (Å²) >= 11 is 0. The fraction of sp³-hybridized carbons (Fsp3) is 0.385. The molecule has 80 valence electrons. The maximum atomic E-state index is 12.4. The third-order valence-corrected chi connectivity index (χ3v) is 3.93. The molecule has 1 aromatic carbocycles. The molecule has 1 spiro atoms. The molecule has 1 aromatic rings. The minimum Gasteiger partial charge on any atom is -0.294 e. The second-order valence-corrected chi connectivity index (χ2v) is 4.79. The van der Waals surface area contributed by atoms with E-state index in [1.807, 2.05) is 17.0 Å². The minimum atomic E-state index is -0.181. The van der Waals surface area contributed by atoms with Crippen molar-refractivity contribution >= 4 is 11.7 Å². The maximum Gasteiger partial charge on any atom is 0.238 e. The number of nitrogens with zero attached hydrogens (tertiary/aromatic N) is 2. The van der Waals surface area contributed by atoms with E-state index in [9.17, 15) is 4.79 Å². The number of benzene rings is 1. The third kappa shape index (κ3) is 0.811. The zero-order valence-corrected chi connectivity index (χ0v) is 8.94. The number of hydrogen-bond acceptors (Lipinski definition) is 2. The number of carbonyl (C=O) groups is 1. The first-order chi connectivity index (χ1) is 7.83. The van der Waals surface area contributed by atoms with E-state index in [-0.39, 0.29) is 11.3 Å². The highest BCUT2D eigenvalue weighted by Crippen LogP contribution is 2.53. The van der Waals surface area contributed by atoms with Gasteiger partial charge in [-0.1, -0.05) is 24.3 Å². The van der Waals surface area contributed by atoms with Gasteiger partial charge in [0, 0.05) is 12.1 Å². The van der Waals surface area contributed by atoms with Crippen LogP contribution in [0.2, 0.25) is 0 Å². The van der Waals surface area contributed by atoms with Crippen LogP contribution in [-0.2, 0) is 10.2 Å². The molecule has 4 rings (SSSR count). The van der Waals surface area contributed by atoms with Gasteiger partial charge in [0.15, 0.2) is 0 Å². The van der Waals surface area contributed by atoms with Crippen LogP contribution >= 0.6 is 0 Å². The Bertz CT molecular complexity index is 528. The first-order valence-corrected chi connectivity index (χ1v) is 5.79. The summed E-state index contributed by atoms with van der Waals surface area (Å²) in [4.78, 5) is 18.7. The fourth-order valence-electron chi connectivity index (χ4n) is 2.95. The van der Waals surface area contributed by atoms with Gasteiger partial charge in [0.2, 0.25) is 5.91 Å². The van der Waals surface area contributed by atoms with E-state index in [0.717, 1.165) is 31.8 Å². The molecule has 1 aliphatic carbocycles. The van der Waals surface area contributed by atoms with E-state index in [1.165, 1.54) is 11.1 Å². The molecule has 0 unspecified atom stereocenters. The van der Waals surface area contributed by atoms with Crippen molar-refractivity contribution in [2.24, 2.45) is 4.99 Å². The van der Waals surface area contributed by atoms with E-state index in [0.29, 0.717) is 0 Å². The van der Waals surface area contributed by atoms with Crippen molar-refractivity contribution < 1.29 is 4.79 Å². The lowest BCUT2D eigenvalue weighted by Crippen LogP contribution is -2.46. The van der Waals surface area contributed by atoms with Crippen molar-refractivity contribution in [2.75, 3.05) is 13.1 Å². The maximum absolute atomic E-state index is 12.4. The van der Waals surface area contributed by atoms with Gasteiger partial charge in [-0.2, -0.15) is 0 Å². The van der Waals surface area contributed by atoms with Crippen LogP contribution in [0.25, 0.3) is 0 Å². The van der Waals surface area contributed by atoms with E-state index in [4.69, 9.17) is 0 Å². The Balaban J connectivity index is 2.03. The highest BCUT2D eigenvalue weighted by molar-refractivity contribution is 6.17. The van der Waals surface area contributed by atoms with Crippen LogP contribution in [0.3, 0.4) is 0 Å². The quantitative estimate of drug-likeness (QED) is 0.638. The van der Waals surface area contributed by atoms with E-state index in [1.54, 1.807) is 0 Å². The molecule has 3 aliphatic rings. The van der Waals surface area contributed by atoms with Gasteiger partial charge in [-0.25, -0.2) is 0 Å². The summed E-state index contributed by atoms with van der Waals surface area (Å²) in [6.07, 6.45) is 2.01. The fourth-order valence-corrected chi connectivity index (χ4v) is 2.95. The Morgan fingerprint density at radius 1 is 1.25 bits per heavy atom. The molecular weight excluding hydrogens is 200 g/mol. The average Bonchev–Trinajstić information content (AvgIpc) is 2.96. The Labute approximate surface area is 93.8 Å². The van der Waals surface area contributed by atoms with Crippen molar-refractivity contribution in [1.82, 2.24) is 4.90 Å². The van der Waals surface area contributed by atoms with Crippen molar-refractivity contribution in [3.63, 3.8) is 0 Å². The molecule has 1 amide bonds. The van der Waals surface area contributed by atoms with Gasteiger partial charge in [-0.3, -0.25) is 14.7 Å². The van der Waals surface area contributed by atoms with Crippen molar-refractivity contribution in [3.05, 3.63) is 35.4 Å². The summed E-state index contributed by atoms with van der Waals surface area (Å²) < 4.78 is 0. The molecule has 1 fully saturated rings. The number of aliphatic imine (C=N–C) groups is 1. The zero-order valence-electron chi connectivity index (χ0n) is 8.94. The molecule has 2 heterocycles. The molecule has 16 heavy (non-hydrogen) atoms. The molecule has 0 bridgehead atoms. The van der Waals surface area contributed by atoms with Gasteiger partial charge >= 0.3 is 0 Å². The Morgan fingerprint density at radius 3 is 2.88 bits per heavy atom. The normalized spacial score (nSPS) is 24.1. The van der Waals surface area contributed by atoms with Crippen molar-refractivity contribution in [1.29, 1.82) is 0 Å². The molecular formula is C13H12N2O. The van der Waals surface area contributed by atoms with Gasteiger partial charge in [0.25, 0.3) is 0 Å². The molecule has 2 aliphatic heterocycles. The Kier molecular flexibility index (Phi) is 1.35. The number of amidine groups is 1. The highest BCUT2D eigenvalue weighted by Gasteiger charge is 2.58. The lowest BCUT2D eigenvalue weighted by atomic mass is 9.86. The standard InChI is InChI=1S/C13H12N2O/c16-12-13(5-6-13)10-4-2-1-3-9(10)11-14-7-8-15(11)12/h1-4H,5-8H2. The SMILES string of the molecule is O=C1N2CCN=C2c2ccccc2C12CC2. The van der Waals surface area contributed by atoms with Crippen LogP contribution in [0.15, 0.2) is 29.3 Å². The topological polar surface area (TPSA) is 32.7 Å². The van der Waals surface area contributed by atoms with Crippen LogP contribution < -0.4 is 0 Å². The van der Waals surface area contributed by atoms with Crippen LogP contribution in [-0.4, -0.2) is 29.7 Å². The van der Waals surface area contributed by atoms with E-state index in [2.05, 4.69) is 17.1 Å². The average molecular weight is 212 g/mol. The summed E-state index contributed by atoms with van der Waals surface area (Å²) in [5.74, 6) is 1.18. The number of fused-ring (bicyclic) bond motifs is 4. The summed E-state index contributed by atoms with van der Waals surface area (Å²) in [6.45, 7) is 1.52. The molecule has 3 nitrogen and oxygen atoms in total. The largest absolute Gasteiger partial charge is 0.294 e. The number of carbonyl (C=O) groups excluding carboxylic acids is 1. The van der Waals surface area contributed by atoms with Crippen molar-refractivity contribution in [2.45, 2.75) is 18.3 Å². The lowest BCUT2D eigenvalue weighted by Gasteiger charge is -2.32. The predicted molar refractivity (Wildman–Crippen MR) is 60.5 cm³/mol. The second kappa shape index (κ2) is 2.54. The molecule has 0 radical (unpaired) electrons. The molecule has 3 heteroatoms. The van der Waals surface area contributed by atoms with Crippen LogP contribution in [0.4, 0.5) is 0 Å². The summed E-state index contributed by atoms with van der Waals surface area (Å²) in [6, 6.07) is 8.25. The first kappa shape index (κ1) is 8.50. The summed E-state index contributed by atoms with van der Waals surface area (Å²) in [5, 5.41) is 0. The highest BCUT2D eigenvalue weighted by atomic mass is 16.2. The van der Waals surface area contributed by atoms with E-state index >= 15 is 0 Å². The van der Waals surface area contributed by atoms with Gasteiger partial charge in [-0.15, -0.1) is 0 Å². The number of rotatable bonds is 0. The molecule has 0 saturated heterocycles. The smallest absolute Gasteiger partial charge is 0.238 e. The zero-order chi connectivity index (χ0) is 10.8. The van der Waals surface area contributed by atoms with Gasteiger partial charge < -0.3 is 0 Å². The minimum absolute atomic E-state index is 0.181. The van der Waals surface area contributed by atoms with E-state index < -0.39 is 0 Å². The van der Waals surface area contributed by atoms with Gasteiger partial charge in [-0.05, 0) is 18.4 Å². The second-order valence-electron chi connectivity index (χ2n) is 4.79. The monoisotopic (exact) mass is 212 g/mol.